The molecule has 0 aliphatic carbocycles. The number of aliphatic hydroxyl groups is 1. The highest BCUT2D eigenvalue weighted by molar-refractivity contribution is 5.26. The highest BCUT2D eigenvalue weighted by Crippen LogP contribution is 2.21. The van der Waals surface area contributed by atoms with E-state index in [1.54, 1.807) is 0 Å². The third-order valence-corrected chi connectivity index (χ3v) is 4.70. The summed E-state index contributed by atoms with van der Waals surface area (Å²) >= 11 is 0. The SMILES string of the molecule is CCc1nn(C)c(CC)c1CNCC1(O)CCN(C)CC1. The average molecular weight is 294 g/mol. The molecule has 0 atom stereocenters. The van der Waals surface area contributed by atoms with Crippen molar-refractivity contribution in [1.29, 1.82) is 0 Å². The van der Waals surface area contributed by atoms with Gasteiger partial charge in [-0.2, -0.15) is 5.10 Å². The van der Waals surface area contributed by atoms with E-state index in [4.69, 9.17) is 0 Å². The van der Waals surface area contributed by atoms with E-state index in [2.05, 4.69) is 36.2 Å². The molecule has 1 aromatic heterocycles. The minimum atomic E-state index is -0.548. The molecule has 120 valence electrons. The molecule has 2 heterocycles. The Morgan fingerprint density at radius 3 is 2.43 bits per heavy atom. The molecule has 21 heavy (non-hydrogen) atoms. The van der Waals surface area contributed by atoms with E-state index in [9.17, 15) is 5.11 Å². The summed E-state index contributed by atoms with van der Waals surface area (Å²) < 4.78 is 2.00. The van der Waals surface area contributed by atoms with Gasteiger partial charge >= 0.3 is 0 Å². The topological polar surface area (TPSA) is 53.3 Å². The first kappa shape index (κ1) is 16.5. The molecule has 2 N–H and O–H groups in total. The molecule has 0 saturated carbocycles. The lowest BCUT2D eigenvalue weighted by Gasteiger charge is -2.36. The van der Waals surface area contributed by atoms with Crippen LogP contribution in [0.15, 0.2) is 0 Å². The van der Waals surface area contributed by atoms with E-state index < -0.39 is 5.60 Å². The van der Waals surface area contributed by atoms with Crippen molar-refractivity contribution >= 4 is 0 Å². The van der Waals surface area contributed by atoms with Crippen LogP contribution in [0.2, 0.25) is 0 Å². The van der Waals surface area contributed by atoms with Gasteiger partial charge in [-0.25, -0.2) is 0 Å². The maximum Gasteiger partial charge on any atom is 0.0796 e. The minimum absolute atomic E-state index is 0.548. The van der Waals surface area contributed by atoms with Crippen molar-refractivity contribution in [3.8, 4) is 0 Å². The van der Waals surface area contributed by atoms with Crippen LogP contribution in [0.1, 0.15) is 43.6 Å². The summed E-state index contributed by atoms with van der Waals surface area (Å²) in [5.41, 5.74) is 3.25. The number of nitrogens with one attached hydrogen (secondary N) is 1. The van der Waals surface area contributed by atoms with Crippen LogP contribution in [0.4, 0.5) is 0 Å². The summed E-state index contributed by atoms with van der Waals surface area (Å²) in [5.74, 6) is 0. The molecule has 2 rings (SSSR count). The Bertz CT molecular complexity index is 461. The molecule has 1 aromatic rings. The molecule has 5 nitrogen and oxygen atoms in total. The van der Waals surface area contributed by atoms with E-state index in [1.165, 1.54) is 17.0 Å². The molecular weight excluding hydrogens is 264 g/mol. The molecule has 1 saturated heterocycles. The van der Waals surface area contributed by atoms with Gasteiger partial charge in [0, 0.05) is 44.5 Å². The fourth-order valence-electron chi connectivity index (χ4n) is 3.23. The quantitative estimate of drug-likeness (QED) is 0.825. The lowest BCUT2D eigenvalue weighted by atomic mass is 9.91. The first-order valence-corrected chi connectivity index (χ1v) is 8.14. The molecule has 0 aromatic carbocycles. The molecule has 1 fully saturated rings. The van der Waals surface area contributed by atoms with Crippen molar-refractivity contribution < 1.29 is 5.11 Å². The second-order valence-corrected chi connectivity index (χ2v) is 6.33. The van der Waals surface area contributed by atoms with Crippen molar-refractivity contribution in [3.63, 3.8) is 0 Å². The Balaban J connectivity index is 1.94. The Morgan fingerprint density at radius 1 is 1.19 bits per heavy atom. The van der Waals surface area contributed by atoms with Gasteiger partial charge in [0.05, 0.1) is 11.3 Å². The third-order valence-electron chi connectivity index (χ3n) is 4.70. The second kappa shape index (κ2) is 6.90. The molecule has 0 amide bonds. The highest BCUT2D eigenvalue weighted by Gasteiger charge is 2.30. The smallest absolute Gasteiger partial charge is 0.0796 e. The number of aryl methyl sites for hydroxylation is 2. The number of nitrogens with zero attached hydrogens (tertiary/aromatic N) is 3. The van der Waals surface area contributed by atoms with Crippen LogP contribution in [-0.2, 0) is 26.4 Å². The molecule has 0 unspecified atom stereocenters. The van der Waals surface area contributed by atoms with Gasteiger partial charge in [0.1, 0.15) is 0 Å². The summed E-state index contributed by atoms with van der Waals surface area (Å²) in [6.07, 6.45) is 3.66. The second-order valence-electron chi connectivity index (χ2n) is 6.33. The van der Waals surface area contributed by atoms with Crippen molar-refractivity contribution in [2.45, 2.75) is 51.7 Å². The Labute approximate surface area is 128 Å². The zero-order valence-corrected chi connectivity index (χ0v) is 13.9. The lowest BCUT2D eigenvalue weighted by Crippen LogP contribution is -2.48. The molecular formula is C16H30N4O. The summed E-state index contributed by atoms with van der Waals surface area (Å²) in [5, 5.41) is 18.7. The van der Waals surface area contributed by atoms with Gasteiger partial charge in [-0.15, -0.1) is 0 Å². The predicted molar refractivity (Wildman–Crippen MR) is 85.4 cm³/mol. The Hall–Kier alpha value is -0.910. The number of piperidine rings is 1. The van der Waals surface area contributed by atoms with Crippen LogP contribution >= 0.6 is 0 Å². The summed E-state index contributed by atoms with van der Waals surface area (Å²) in [4.78, 5) is 2.28. The van der Waals surface area contributed by atoms with E-state index >= 15 is 0 Å². The Kier molecular flexibility index (Phi) is 5.41. The zero-order valence-electron chi connectivity index (χ0n) is 13.9. The first-order valence-electron chi connectivity index (χ1n) is 8.14. The lowest BCUT2D eigenvalue weighted by molar-refractivity contribution is -0.0145. The van der Waals surface area contributed by atoms with Crippen LogP contribution in [0.5, 0.6) is 0 Å². The molecule has 5 heteroatoms. The van der Waals surface area contributed by atoms with Crippen LogP contribution < -0.4 is 5.32 Å². The number of aromatic nitrogens is 2. The van der Waals surface area contributed by atoms with Gasteiger partial charge in [0.25, 0.3) is 0 Å². The van der Waals surface area contributed by atoms with Crippen LogP contribution in [0.3, 0.4) is 0 Å². The fraction of sp³-hybridized carbons (Fsp3) is 0.812. The van der Waals surface area contributed by atoms with E-state index in [0.29, 0.717) is 6.54 Å². The first-order chi connectivity index (χ1) is 9.99. The van der Waals surface area contributed by atoms with E-state index in [1.807, 2.05) is 11.7 Å². The standard InChI is InChI=1S/C16H30N4O/c1-5-14-13(15(6-2)20(4)18-14)11-17-12-16(21)7-9-19(3)10-8-16/h17,21H,5-12H2,1-4H3. The minimum Gasteiger partial charge on any atom is -0.388 e. The molecule has 1 aliphatic rings. The summed E-state index contributed by atoms with van der Waals surface area (Å²) in [6, 6.07) is 0. The molecule has 0 radical (unpaired) electrons. The fourth-order valence-corrected chi connectivity index (χ4v) is 3.23. The maximum absolute atomic E-state index is 10.6. The Morgan fingerprint density at radius 2 is 1.86 bits per heavy atom. The van der Waals surface area contributed by atoms with Crippen molar-refractivity contribution in [2.24, 2.45) is 7.05 Å². The van der Waals surface area contributed by atoms with E-state index in [0.717, 1.165) is 45.3 Å². The monoisotopic (exact) mass is 294 g/mol. The van der Waals surface area contributed by atoms with Crippen molar-refractivity contribution in [2.75, 3.05) is 26.7 Å². The van der Waals surface area contributed by atoms with Crippen molar-refractivity contribution in [1.82, 2.24) is 20.0 Å². The van der Waals surface area contributed by atoms with Crippen LogP contribution in [0.25, 0.3) is 0 Å². The van der Waals surface area contributed by atoms with E-state index in [-0.39, 0.29) is 0 Å². The van der Waals surface area contributed by atoms with Gasteiger partial charge in [0.15, 0.2) is 0 Å². The number of likely N-dealkylation sites (tertiary alicyclic amines) is 1. The van der Waals surface area contributed by atoms with Gasteiger partial charge < -0.3 is 15.3 Å². The molecule has 0 spiro atoms. The van der Waals surface area contributed by atoms with Gasteiger partial charge in [-0.05, 0) is 32.7 Å². The highest BCUT2D eigenvalue weighted by atomic mass is 16.3. The van der Waals surface area contributed by atoms with Crippen LogP contribution in [-0.4, -0.2) is 52.1 Å². The number of hydrogen-bond donors (Lipinski definition) is 2. The third kappa shape index (κ3) is 3.84. The maximum atomic E-state index is 10.6. The zero-order chi connectivity index (χ0) is 15.5. The van der Waals surface area contributed by atoms with Gasteiger partial charge in [-0.1, -0.05) is 13.8 Å². The largest absolute Gasteiger partial charge is 0.388 e. The average Bonchev–Trinajstić information content (AvgIpc) is 2.78. The van der Waals surface area contributed by atoms with Gasteiger partial charge in [-0.3, -0.25) is 4.68 Å². The predicted octanol–water partition coefficient (Wildman–Crippen LogP) is 1.09. The van der Waals surface area contributed by atoms with Crippen molar-refractivity contribution in [3.05, 3.63) is 17.0 Å². The normalized spacial score (nSPS) is 19.1. The molecule has 0 bridgehead atoms. The number of rotatable bonds is 6. The van der Waals surface area contributed by atoms with Crippen LogP contribution in [0, 0.1) is 0 Å². The molecule has 1 aliphatic heterocycles. The van der Waals surface area contributed by atoms with Gasteiger partial charge in [0.2, 0.25) is 0 Å². The summed E-state index contributed by atoms with van der Waals surface area (Å²) in [7, 11) is 4.13. The number of hydrogen-bond acceptors (Lipinski definition) is 4. The summed E-state index contributed by atoms with van der Waals surface area (Å²) in [6.45, 7) is 7.75.